The van der Waals surface area contributed by atoms with Gasteiger partial charge in [-0.3, -0.25) is 4.90 Å². The van der Waals surface area contributed by atoms with Gasteiger partial charge in [0.2, 0.25) is 0 Å². The van der Waals surface area contributed by atoms with Crippen molar-refractivity contribution < 1.29 is 0 Å². The Morgan fingerprint density at radius 1 is 1.26 bits per heavy atom. The van der Waals surface area contributed by atoms with E-state index in [1.165, 1.54) is 18.4 Å². The summed E-state index contributed by atoms with van der Waals surface area (Å²) in [6.07, 6.45) is 2.39. The minimum Gasteiger partial charge on any atom is -0.328 e. The van der Waals surface area contributed by atoms with Crippen LogP contribution in [0.4, 0.5) is 0 Å². The normalized spacial score (nSPS) is 18.9. The number of piperidine rings is 1. The predicted molar refractivity (Wildman–Crippen MR) is 85.4 cm³/mol. The van der Waals surface area contributed by atoms with Crippen LogP contribution in [0.1, 0.15) is 25.3 Å². The van der Waals surface area contributed by atoms with E-state index in [-0.39, 0.29) is 12.4 Å². The highest BCUT2D eigenvalue weighted by Crippen LogP contribution is 2.25. The first-order valence-electron chi connectivity index (χ1n) is 6.48. The van der Waals surface area contributed by atoms with Crippen LogP contribution in [0.5, 0.6) is 0 Å². The number of benzene rings is 1. The molecule has 0 spiro atoms. The lowest BCUT2D eigenvalue weighted by Gasteiger charge is -2.33. The van der Waals surface area contributed by atoms with Gasteiger partial charge < -0.3 is 5.73 Å². The Bertz CT molecular complexity index is 402. The van der Waals surface area contributed by atoms with Crippen molar-refractivity contribution in [1.82, 2.24) is 4.90 Å². The van der Waals surface area contributed by atoms with Gasteiger partial charge in [-0.1, -0.05) is 29.3 Å². The molecule has 1 fully saturated rings. The Morgan fingerprint density at radius 2 is 1.89 bits per heavy atom. The standard InChI is InChI=1S/C14H20Cl2N2.ClH/c1-10(17)12-4-6-18(7-5-12)9-11-2-3-13(15)14(16)8-11;/h2-3,8,10,12H,4-7,9,17H2,1H3;1H. The van der Waals surface area contributed by atoms with E-state index >= 15 is 0 Å². The van der Waals surface area contributed by atoms with Crippen molar-refractivity contribution in [2.24, 2.45) is 11.7 Å². The first kappa shape index (κ1) is 17.1. The number of nitrogens with two attached hydrogens (primary N) is 1. The Hall–Kier alpha value is 0.01000. The summed E-state index contributed by atoms with van der Waals surface area (Å²) in [4.78, 5) is 2.46. The molecule has 2 nitrogen and oxygen atoms in total. The molecule has 0 radical (unpaired) electrons. The highest BCUT2D eigenvalue weighted by atomic mass is 35.5. The molecule has 1 heterocycles. The highest BCUT2D eigenvalue weighted by Gasteiger charge is 2.21. The fourth-order valence-corrected chi connectivity index (χ4v) is 2.85. The zero-order valence-corrected chi connectivity index (χ0v) is 13.4. The molecular formula is C14H21Cl3N2. The molecule has 1 saturated heterocycles. The van der Waals surface area contributed by atoms with Gasteiger partial charge in [0.05, 0.1) is 10.0 Å². The molecule has 19 heavy (non-hydrogen) atoms. The maximum atomic E-state index is 6.03. The third kappa shape index (κ3) is 4.80. The van der Waals surface area contributed by atoms with Crippen molar-refractivity contribution in [3.8, 4) is 0 Å². The van der Waals surface area contributed by atoms with E-state index in [1.54, 1.807) is 0 Å². The quantitative estimate of drug-likeness (QED) is 0.912. The number of hydrogen-bond acceptors (Lipinski definition) is 2. The molecule has 1 aliphatic rings. The predicted octanol–water partition coefficient (Wildman–Crippen LogP) is 3.97. The van der Waals surface area contributed by atoms with Crippen molar-refractivity contribution in [2.75, 3.05) is 13.1 Å². The summed E-state index contributed by atoms with van der Waals surface area (Å²) in [5, 5.41) is 1.26. The molecule has 0 saturated carbocycles. The smallest absolute Gasteiger partial charge is 0.0595 e. The van der Waals surface area contributed by atoms with E-state index in [2.05, 4.69) is 11.8 Å². The van der Waals surface area contributed by atoms with Gasteiger partial charge in [-0.15, -0.1) is 12.4 Å². The van der Waals surface area contributed by atoms with E-state index in [1.807, 2.05) is 18.2 Å². The molecule has 1 unspecified atom stereocenters. The summed E-state index contributed by atoms with van der Waals surface area (Å²) in [7, 11) is 0. The molecule has 0 aliphatic carbocycles. The van der Waals surface area contributed by atoms with Crippen LogP contribution in [0.2, 0.25) is 10.0 Å². The van der Waals surface area contributed by atoms with Gasteiger partial charge in [0.1, 0.15) is 0 Å². The zero-order valence-electron chi connectivity index (χ0n) is 11.1. The van der Waals surface area contributed by atoms with Crippen molar-refractivity contribution >= 4 is 35.6 Å². The van der Waals surface area contributed by atoms with E-state index in [0.29, 0.717) is 22.0 Å². The molecule has 1 aliphatic heterocycles. The minimum absolute atomic E-state index is 0. The van der Waals surface area contributed by atoms with Crippen LogP contribution in [0, 0.1) is 5.92 Å². The van der Waals surface area contributed by atoms with Crippen molar-refractivity contribution in [1.29, 1.82) is 0 Å². The number of hydrogen-bond donors (Lipinski definition) is 1. The Labute approximate surface area is 131 Å². The van der Waals surface area contributed by atoms with Gasteiger partial charge in [0.15, 0.2) is 0 Å². The third-order valence-electron chi connectivity index (χ3n) is 3.77. The maximum Gasteiger partial charge on any atom is 0.0595 e. The van der Waals surface area contributed by atoms with Gasteiger partial charge in [-0.2, -0.15) is 0 Å². The van der Waals surface area contributed by atoms with Crippen LogP contribution in [0.25, 0.3) is 0 Å². The molecule has 0 amide bonds. The number of rotatable bonds is 3. The van der Waals surface area contributed by atoms with Crippen molar-refractivity contribution in [3.63, 3.8) is 0 Å². The van der Waals surface area contributed by atoms with Crippen LogP contribution in [0.15, 0.2) is 18.2 Å². The first-order chi connectivity index (χ1) is 8.56. The summed E-state index contributed by atoms with van der Waals surface area (Å²) in [6.45, 7) is 5.29. The molecule has 0 bridgehead atoms. The van der Waals surface area contributed by atoms with Crippen LogP contribution < -0.4 is 5.73 Å². The lowest BCUT2D eigenvalue weighted by Crippen LogP contribution is -2.39. The SMILES string of the molecule is CC(N)C1CCN(Cc2ccc(Cl)c(Cl)c2)CC1.Cl. The number of likely N-dealkylation sites (tertiary alicyclic amines) is 1. The van der Waals surface area contributed by atoms with E-state index in [9.17, 15) is 0 Å². The zero-order chi connectivity index (χ0) is 13.1. The Balaban J connectivity index is 0.00000180. The van der Waals surface area contributed by atoms with E-state index < -0.39 is 0 Å². The van der Waals surface area contributed by atoms with Gasteiger partial charge in [0.25, 0.3) is 0 Å². The second-order valence-electron chi connectivity index (χ2n) is 5.22. The largest absolute Gasteiger partial charge is 0.328 e. The maximum absolute atomic E-state index is 6.03. The monoisotopic (exact) mass is 322 g/mol. The van der Waals surface area contributed by atoms with Crippen molar-refractivity contribution in [2.45, 2.75) is 32.4 Å². The van der Waals surface area contributed by atoms with Crippen LogP contribution in [-0.4, -0.2) is 24.0 Å². The Kier molecular flexibility index (Phi) is 6.92. The molecule has 2 rings (SSSR count). The highest BCUT2D eigenvalue weighted by molar-refractivity contribution is 6.42. The van der Waals surface area contributed by atoms with Gasteiger partial charge in [0, 0.05) is 12.6 Å². The molecule has 0 aromatic heterocycles. The molecule has 2 N–H and O–H groups in total. The summed E-state index contributed by atoms with van der Waals surface area (Å²) >= 11 is 11.9. The Morgan fingerprint density at radius 3 is 2.42 bits per heavy atom. The first-order valence-corrected chi connectivity index (χ1v) is 7.23. The van der Waals surface area contributed by atoms with Gasteiger partial charge in [-0.05, 0) is 56.5 Å². The van der Waals surface area contributed by atoms with E-state index in [4.69, 9.17) is 28.9 Å². The van der Waals surface area contributed by atoms with Gasteiger partial charge in [-0.25, -0.2) is 0 Å². The number of nitrogens with zero attached hydrogens (tertiary/aromatic N) is 1. The lowest BCUT2D eigenvalue weighted by molar-refractivity contribution is 0.166. The van der Waals surface area contributed by atoms with Crippen LogP contribution >= 0.6 is 35.6 Å². The second kappa shape index (κ2) is 7.70. The average Bonchev–Trinajstić information content (AvgIpc) is 2.34. The van der Waals surface area contributed by atoms with Crippen LogP contribution in [0.3, 0.4) is 0 Å². The molecule has 108 valence electrons. The molecule has 1 aromatic rings. The molecule has 1 aromatic carbocycles. The minimum atomic E-state index is 0. The summed E-state index contributed by atoms with van der Waals surface area (Å²) in [5.74, 6) is 0.676. The van der Waals surface area contributed by atoms with E-state index in [0.717, 1.165) is 19.6 Å². The summed E-state index contributed by atoms with van der Waals surface area (Å²) in [6, 6.07) is 6.19. The number of halogens is 3. The second-order valence-corrected chi connectivity index (χ2v) is 6.04. The van der Waals surface area contributed by atoms with Crippen LogP contribution in [-0.2, 0) is 6.54 Å². The average molecular weight is 324 g/mol. The summed E-state index contributed by atoms with van der Waals surface area (Å²) < 4.78 is 0. The molecule has 1 atom stereocenters. The fourth-order valence-electron chi connectivity index (χ4n) is 2.53. The molecular weight excluding hydrogens is 303 g/mol. The molecule has 5 heteroatoms. The van der Waals surface area contributed by atoms with Gasteiger partial charge >= 0.3 is 0 Å². The van der Waals surface area contributed by atoms with Crippen molar-refractivity contribution in [3.05, 3.63) is 33.8 Å². The fraction of sp³-hybridized carbons (Fsp3) is 0.571. The third-order valence-corrected chi connectivity index (χ3v) is 4.51. The summed E-state index contributed by atoms with van der Waals surface area (Å²) in [5.41, 5.74) is 7.18. The topological polar surface area (TPSA) is 29.3 Å². The lowest BCUT2D eigenvalue weighted by atomic mass is 9.91.